The van der Waals surface area contributed by atoms with Crippen molar-refractivity contribution in [3.63, 3.8) is 0 Å². The van der Waals surface area contributed by atoms with E-state index in [0.29, 0.717) is 17.8 Å². The van der Waals surface area contributed by atoms with Gasteiger partial charge in [-0.2, -0.15) is 0 Å². The highest BCUT2D eigenvalue weighted by atomic mass is 16.6. The number of hydrogen-bond donors (Lipinski definition) is 1. The van der Waals surface area contributed by atoms with Crippen molar-refractivity contribution in [2.75, 3.05) is 18.0 Å². The molecule has 0 fully saturated rings. The number of nitro benzene ring substituents is 1. The van der Waals surface area contributed by atoms with Crippen molar-refractivity contribution in [1.29, 1.82) is 0 Å². The van der Waals surface area contributed by atoms with Crippen LogP contribution in [0.2, 0.25) is 0 Å². The predicted octanol–water partition coefficient (Wildman–Crippen LogP) is 1.98. The van der Waals surface area contributed by atoms with Crippen LogP contribution in [0.4, 0.5) is 11.4 Å². The lowest BCUT2D eigenvalue weighted by atomic mass is 10.1. The molecule has 0 heterocycles. The molecule has 0 bridgehead atoms. The number of carbonyl (C=O) groups is 1. The Morgan fingerprint density at radius 3 is 2.78 bits per heavy atom. The van der Waals surface area contributed by atoms with Gasteiger partial charge in [0.1, 0.15) is 6.54 Å². The van der Waals surface area contributed by atoms with Gasteiger partial charge in [-0.25, -0.2) is 0 Å². The molecule has 0 aliphatic rings. The van der Waals surface area contributed by atoms with Gasteiger partial charge >= 0.3 is 5.97 Å². The van der Waals surface area contributed by atoms with Crippen LogP contribution in [0.25, 0.3) is 0 Å². The molecule has 96 valence electrons. The van der Waals surface area contributed by atoms with Gasteiger partial charge in [-0.3, -0.25) is 14.9 Å². The molecule has 1 rings (SSSR count). The molecule has 0 saturated heterocycles. The summed E-state index contributed by atoms with van der Waals surface area (Å²) in [6.45, 7) is 5.24. The topological polar surface area (TPSA) is 83.7 Å². The molecule has 0 aromatic heterocycles. The Morgan fingerprint density at radius 2 is 2.28 bits per heavy atom. The Bertz CT molecular complexity index is 485. The highest BCUT2D eigenvalue weighted by Crippen LogP contribution is 2.28. The van der Waals surface area contributed by atoms with Crippen LogP contribution in [-0.2, 0) is 4.79 Å². The minimum Gasteiger partial charge on any atom is -0.480 e. The van der Waals surface area contributed by atoms with E-state index in [4.69, 9.17) is 5.11 Å². The monoisotopic (exact) mass is 250 g/mol. The fourth-order valence-electron chi connectivity index (χ4n) is 1.72. The van der Waals surface area contributed by atoms with Gasteiger partial charge in [-0.05, 0) is 13.0 Å². The number of benzene rings is 1. The number of aliphatic carboxylic acids is 1. The Balaban J connectivity index is 3.19. The summed E-state index contributed by atoms with van der Waals surface area (Å²) in [5.74, 6) is -0.997. The van der Waals surface area contributed by atoms with Crippen molar-refractivity contribution >= 4 is 17.3 Å². The maximum absolute atomic E-state index is 10.8. The minimum atomic E-state index is -0.997. The number of anilines is 1. The van der Waals surface area contributed by atoms with Gasteiger partial charge in [-0.15, -0.1) is 6.58 Å². The normalized spacial score (nSPS) is 9.83. The van der Waals surface area contributed by atoms with E-state index in [9.17, 15) is 14.9 Å². The smallest absolute Gasteiger partial charge is 0.323 e. The third-order valence-electron chi connectivity index (χ3n) is 2.49. The summed E-state index contributed by atoms with van der Waals surface area (Å²) < 4.78 is 0. The second-order valence-electron chi connectivity index (χ2n) is 3.74. The first-order valence-corrected chi connectivity index (χ1v) is 5.29. The molecule has 0 spiro atoms. The Hall–Kier alpha value is -2.37. The molecule has 0 amide bonds. The number of carboxylic acids is 1. The van der Waals surface area contributed by atoms with Crippen molar-refractivity contribution in [3.05, 3.63) is 46.5 Å². The summed E-state index contributed by atoms with van der Waals surface area (Å²) >= 11 is 0. The van der Waals surface area contributed by atoms with Crippen LogP contribution in [0.3, 0.4) is 0 Å². The molecular formula is C12H14N2O4. The molecule has 6 nitrogen and oxygen atoms in total. The van der Waals surface area contributed by atoms with Crippen LogP contribution >= 0.6 is 0 Å². The number of nitrogens with zero attached hydrogens (tertiary/aromatic N) is 2. The third-order valence-corrected chi connectivity index (χ3v) is 2.49. The van der Waals surface area contributed by atoms with Gasteiger partial charge in [-0.1, -0.05) is 12.1 Å². The van der Waals surface area contributed by atoms with Crippen LogP contribution in [0, 0.1) is 17.0 Å². The van der Waals surface area contributed by atoms with E-state index < -0.39 is 10.9 Å². The largest absolute Gasteiger partial charge is 0.480 e. The lowest BCUT2D eigenvalue weighted by molar-refractivity contribution is -0.385. The summed E-state index contributed by atoms with van der Waals surface area (Å²) in [5.41, 5.74) is 0.962. The fourth-order valence-corrected chi connectivity index (χ4v) is 1.72. The standard InChI is InChI=1S/C12H14N2O4/c1-3-7-13(8-12(15)16)10-5-4-6-11(9(10)2)14(17)18/h3-6H,1,7-8H2,2H3,(H,15,16). The molecule has 0 atom stereocenters. The quantitative estimate of drug-likeness (QED) is 0.474. The van der Waals surface area contributed by atoms with E-state index in [-0.39, 0.29) is 12.2 Å². The molecule has 0 aliphatic heterocycles. The van der Waals surface area contributed by atoms with Gasteiger partial charge < -0.3 is 10.0 Å². The first-order valence-electron chi connectivity index (χ1n) is 5.29. The summed E-state index contributed by atoms with van der Waals surface area (Å²) in [6, 6.07) is 4.60. The van der Waals surface area contributed by atoms with Crippen LogP contribution < -0.4 is 4.90 Å². The summed E-state index contributed by atoms with van der Waals surface area (Å²) in [4.78, 5) is 22.7. The van der Waals surface area contributed by atoms with Crippen molar-refractivity contribution < 1.29 is 14.8 Å². The van der Waals surface area contributed by atoms with Gasteiger partial charge in [0, 0.05) is 18.3 Å². The molecule has 0 saturated carbocycles. The van der Waals surface area contributed by atoms with E-state index in [1.165, 1.54) is 11.0 Å². The zero-order chi connectivity index (χ0) is 13.7. The number of nitro groups is 1. The highest BCUT2D eigenvalue weighted by Gasteiger charge is 2.18. The molecule has 0 aliphatic carbocycles. The molecular weight excluding hydrogens is 236 g/mol. The predicted molar refractivity (Wildman–Crippen MR) is 67.9 cm³/mol. The van der Waals surface area contributed by atoms with Gasteiger partial charge in [0.15, 0.2) is 0 Å². The van der Waals surface area contributed by atoms with E-state index in [1.807, 2.05) is 0 Å². The van der Waals surface area contributed by atoms with Gasteiger partial charge in [0.2, 0.25) is 0 Å². The fraction of sp³-hybridized carbons (Fsp3) is 0.250. The summed E-state index contributed by atoms with van der Waals surface area (Å²) in [6.07, 6.45) is 1.56. The molecule has 1 N–H and O–H groups in total. The van der Waals surface area contributed by atoms with Gasteiger partial charge in [0.25, 0.3) is 5.69 Å². The van der Waals surface area contributed by atoms with Crippen molar-refractivity contribution in [2.45, 2.75) is 6.92 Å². The van der Waals surface area contributed by atoms with Crippen molar-refractivity contribution in [3.8, 4) is 0 Å². The third kappa shape index (κ3) is 3.07. The Morgan fingerprint density at radius 1 is 1.61 bits per heavy atom. The van der Waals surface area contributed by atoms with Crippen LogP contribution in [0.5, 0.6) is 0 Å². The number of rotatable bonds is 6. The van der Waals surface area contributed by atoms with Crippen LogP contribution in [0.1, 0.15) is 5.56 Å². The molecule has 1 aromatic carbocycles. The zero-order valence-corrected chi connectivity index (χ0v) is 10.00. The average molecular weight is 250 g/mol. The first kappa shape index (κ1) is 13.7. The Labute approximate surface area is 104 Å². The second-order valence-corrected chi connectivity index (χ2v) is 3.74. The number of hydrogen-bond acceptors (Lipinski definition) is 4. The molecule has 1 aromatic rings. The maximum atomic E-state index is 10.8. The lowest BCUT2D eigenvalue weighted by Gasteiger charge is -2.22. The lowest BCUT2D eigenvalue weighted by Crippen LogP contribution is -2.30. The van der Waals surface area contributed by atoms with E-state index in [1.54, 1.807) is 25.1 Å². The average Bonchev–Trinajstić information content (AvgIpc) is 2.27. The van der Waals surface area contributed by atoms with E-state index in [0.717, 1.165) is 0 Å². The molecule has 18 heavy (non-hydrogen) atoms. The highest BCUT2D eigenvalue weighted by molar-refractivity contribution is 5.75. The first-order chi connectivity index (χ1) is 8.47. The van der Waals surface area contributed by atoms with E-state index in [2.05, 4.69) is 6.58 Å². The maximum Gasteiger partial charge on any atom is 0.323 e. The van der Waals surface area contributed by atoms with Crippen LogP contribution in [0.15, 0.2) is 30.9 Å². The van der Waals surface area contributed by atoms with Crippen molar-refractivity contribution in [2.24, 2.45) is 0 Å². The SMILES string of the molecule is C=CCN(CC(=O)O)c1cccc([N+](=O)[O-])c1C. The summed E-state index contributed by atoms with van der Waals surface area (Å²) in [7, 11) is 0. The van der Waals surface area contributed by atoms with Crippen LogP contribution in [-0.4, -0.2) is 29.1 Å². The minimum absolute atomic E-state index is 0.0213. The second kappa shape index (κ2) is 5.81. The number of carboxylic acid groups (broad SMARTS) is 1. The Kier molecular flexibility index (Phi) is 4.42. The molecule has 0 unspecified atom stereocenters. The van der Waals surface area contributed by atoms with E-state index >= 15 is 0 Å². The van der Waals surface area contributed by atoms with Gasteiger partial charge in [0.05, 0.1) is 10.5 Å². The molecule has 6 heteroatoms. The van der Waals surface area contributed by atoms with Crippen molar-refractivity contribution in [1.82, 2.24) is 0 Å². The zero-order valence-electron chi connectivity index (χ0n) is 10.00. The summed E-state index contributed by atoms with van der Waals surface area (Å²) in [5, 5.41) is 19.7. The molecule has 0 radical (unpaired) electrons.